The predicted molar refractivity (Wildman–Crippen MR) is 45.1 cm³/mol. The van der Waals surface area contributed by atoms with Gasteiger partial charge in [0.1, 0.15) is 0 Å². The van der Waals surface area contributed by atoms with Crippen molar-refractivity contribution in [1.82, 2.24) is 0 Å². The van der Waals surface area contributed by atoms with Crippen molar-refractivity contribution in [2.45, 2.75) is 0 Å². The summed E-state index contributed by atoms with van der Waals surface area (Å²) in [5, 5.41) is 0. The molecule has 0 amide bonds. The Bertz CT molecular complexity index is 38.3. The van der Waals surface area contributed by atoms with Crippen LogP contribution in [0.2, 0.25) is 0 Å². The standard InChI is InChI=1S/2Al.2Li.H2O3Si.8H/c;;;;1-4(2)3;;;;;;;;/h;;;;1-2H;;;;;;;;. The van der Waals surface area contributed by atoms with Gasteiger partial charge in [-0.1, -0.05) is 0 Å². The molecule has 0 saturated carbocycles. The van der Waals surface area contributed by atoms with Crippen molar-refractivity contribution in [1.29, 1.82) is 0 Å². The molecule has 0 aliphatic heterocycles. The van der Waals surface area contributed by atoms with Crippen molar-refractivity contribution in [2.75, 3.05) is 0 Å². The first-order valence-corrected chi connectivity index (χ1v) is 1.95. The summed E-state index contributed by atoms with van der Waals surface area (Å²) in [6.07, 6.45) is 0. The van der Waals surface area contributed by atoms with Gasteiger partial charge >= 0.3 is 46.9 Å². The Balaban J connectivity index is -0.00000000750. The minimum absolute atomic E-state index is 0. The molecule has 8 heavy (non-hydrogen) atoms. The van der Waals surface area contributed by atoms with Crippen LogP contribution in [0.5, 0.6) is 0 Å². The third kappa shape index (κ3) is 106. The molecule has 0 aliphatic carbocycles. The molecule has 0 saturated heterocycles. The van der Waals surface area contributed by atoms with Gasteiger partial charge in [0.15, 0.2) is 34.7 Å². The molecule has 2 N–H and O–H groups in total. The van der Waals surface area contributed by atoms with Gasteiger partial charge in [0.2, 0.25) is 0 Å². The summed E-state index contributed by atoms with van der Waals surface area (Å²) < 4.78 is 8.74. The van der Waals surface area contributed by atoms with Gasteiger partial charge in [-0.25, -0.2) is 0 Å². The average molecular weight is 154 g/mol. The van der Waals surface area contributed by atoms with E-state index in [2.05, 4.69) is 0 Å². The zero-order valence-corrected chi connectivity index (χ0v) is 2.80. The maximum atomic E-state index is 8.74. The molecule has 0 spiro atoms. The molecule has 0 bridgehead atoms. The first-order valence-electron chi connectivity index (χ1n) is 0.651. The predicted octanol–water partition coefficient (Wildman–Crippen LogP) is -5.28. The van der Waals surface area contributed by atoms with Crippen molar-refractivity contribution < 1.29 is 14.1 Å². The molecule has 0 aromatic carbocycles. The SMILES string of the molecule is O=[Si](O)O.[AlH3].[AlH3].[LiH].[LiH]. The molecule has 0 atom stereocenters. The van der Waals surface area contributed by atoms with Crippen molar-refractivity contribution in [2.24, 2.45) is 0 Å². The zero-order chi connectivity index (χ0) is 3.58. The van der Waals surface area contributed by atoms with Crippen LogP contribution in [0, 0.1) is 0 Å². The van der Waals surface area contributed by atoms with Gasteiger partial charge in [-0.2, -0.15) is 0 Å². The van der Waals surface area contributed by atoms with Crippen molar-refractivity contribution >= 4 is 81.6 Å². The molecule has 0 fully saturated rings. The van der Waals surface area contributed by atoms with Gasteiger partial charge in [-0.05, 0) is 0 Å². The Labute approximate surface area is 94.8 Å². The summed E-state index contributed by atoms with van der Waals surface area (Å²) in [4.78, 5) is 14.3. The van der Waals surface area contributed by atoms with E-state index >= 15 is 0 Å². The minimum atomic E-state index is -3.13. The number of hydrogen-bond donors (Lipinski definition) is 2. The first kappa shape index (κ1) is 32.7. The van der Waals surface area contributed by atoms with E-state index in [-0.39, 0.29) is 72.4 Å². The molecule has 0 aliphatic rings. The van der Waals surface area contributed by atoms with E-state index in [0.717, 1.165) is 0 Å². The molecular formula is H10Al2Li2O3Si. The van der Waals surface area contributed by atoms with Crippen LogP contribution in [0.3, 0.4) is 0 Å². The average Bonchev–Trinajstić information content (AvgIpc) is 0.811. The fourth-order valence-electron chi connectivity index (χ4n) is 0. The van der Waals surface area contributed by atoms with E-state index in [1.54, 1.807) is 0 Å². The third-order valence-electron chi connectivity index (χ3n) is 0. The van der Waals surface area contributed by atoms with Crippen LogP contribution < -0.4 is 0 Å². The number of rotatable bonds is 0. The second kappa shape index (κ2) is 23.2. The van der Waals surface area contributed by atoms with Gasteiger partial charge in [0, 0.05) is 0 Å². The van der Waals surface area contributed by atoms with Crippen molar-refractivity contribution in [3.63, 3.8) is 0 Å². The van der Waals surface area contributed by atoms with Crippen LogP contribution in [0.1, 0.15) is 0 Å². The van der Waals surface area contributed by atoms with Crippen LogP contribution in [0.15, 0.2) is 0 Å². The third-order valence-corrected chi connectivity index (χ3v) is 0. The van der Waals surface area contributed by atoms with Crippen LogP contribution in [0.25, 0.3) is 0 Å². The summed E-state index contributed by atoms with van der Waals surface area (Å²) in [6.45, 7) is 0. The topological polar surface area (TPSA) is 57.5 Å². The van der Waals surface area contributed by atoms with Crippen molar-refractivity contribution in [3.05, 3.63) is 0 Å². The van der Waals surface area contributed by atoms with Gasteiger partial charge < -0.3 is 9.59 Å². The molecule has 0 rings (SSSR count). The first-order chi connectivity index (χ1) is 1.73. The molecular weight excluding hydrogens is 144 g/mol. The van der Waals surface area contributed by atoms with E-state index < -0.39 is 9.17 Å². The molecule has 0 heterocycles. The Hall–Kier alpha value is 1.88. The van der Waals surface area contributed by atoms with E-state index in [9.17, 15) is 0 Å². The summed E-state index contributed by atoms with van der Waals surface area (Å²) in [5.41, 5.74) is 0. The van der Waals surface area contributed by atoms with Crippen molar-refractivity contribution in [3.8, 4) is 0 Å². The number of hydrogen-bond acceptors (Lipinski definition) is 1. The molecule has 40 valence electrons. The van der Waals surface area contributed by atoms with E-state index in [1.807, 2.05) is 0 Å². The molecule has 0 radical (unpaired) electrons. The van der Waals surface area contributed by atoms with Crippen LogP contribution in [-0.4, -0.2) is 91.2 Å². The second-order valence-electron chi connectivity index (χ2n) is 0.283. The van der Waals surface area contributed by atoms with E-state index in [4.69, 9.17) is 14.1 Å². The molecule has 8 heteroatoms. The van der Waals surface area contributed by atoms with Gasteiger partial charge in [-0.15, -0.1) is 0 Å². The molecule has 3 nitrogen and oxygen atoms in total. The van der Waals surface area contributed by atoms with Crippen LogP contribution in [-0.2, 0) is 4.46 Å². The zero-order valence-electron chi connectivity index (χ0n) is 1.80. The summed E-state index contributed by atoms with van der Waals surface area (Å²) >= 11 is 0. The maximum absolute atomic E-state index is 8.74. The van der Waals surface area contributed by atoms with E-state index in [0.29, 0.717) is 0 Å². The van der Waals surface area contributed by atoms with Gasteiger partial charge in [-0.3, -0.25) is 4.46 Å². The summed E-state index contributed by atoms with van der Waals surface area (Å²) in [5.74, 6) is 0. The van der Waals surface area contributed by atoms with E-state index in [1.165, 1.54) is 0 Å². The summed E-state index contributed by atoms with van der Waals surface area (Å²) in [7, 11) is -3.13. The Morgan fingerprint density at radius 1 is 1.00 bits per heavy atom. The molecule has 0 aromatic rings. The Morgan fingerprint density at radius 2 is 1.00 bits per heavy atom. The van der Waals surface area contributed by atoms with Gasteiger partial charge in [0.05, 0.1) is 0 Å². The quantitative estimate of drug-likeness (QED) is 0.343. The molecule has 0 aromatic heterocycles. The fourth-order valence-corrected chi connectivity index (χ4v) is 0. The van der Waals surface area contributed by atoms with Crippen LogP contribution in [0.4, 0.5) is 0 Å². The van der Waals surface area contributed by atoms with Gasteiger partial charge in [0.25, 0.3) is 0 Å². The van der Waals surface area contributed by atoms with Crippen LogP contribution >= 0.6 is 0 Å². The molecule has 0 unspecified atom stereocenters. The second-order valence-corrected chi connectivity index (χ2v) is 0.848. The Morgan fingerprint density at radius 3 is 1.00 bits per heavy atom. The summed E-state index contributed by atoms with van der Waals surface area (Å²) in [6, 6.07) is 0. The fraction of sp³-hybridized carbons (Fsp3) is 0. The Kier molecular flexibility index (Phi) is 94.7. The monoisotopic (exact) mass is 154 g/mol. The normalized spacial score (nSPS) is 3.00.